The van der Waals surface area contributed by atoms with E-state index in [1.165, 1.54) is 6.92 Å². The van der Waals surface area contributed by atoms with E-state index >= 15 is 0 Å². The molecule has 216 valence electrons. The molecule has 1 heterocycles. The van der Waals surface area contributed by atoms with E-state index in [9.17, 15) is 9.59 Å². The van der Waals surface area contributed by atoms with Crippen LogP contribution in [0.3, 0.4) is 0 Å². The van der Waals surface area contributed by atoms with Gasteiger partial charge in [0, 0.05) is 26.1 Å². The third-order valence-corrected chi connectivity index (χ3v) is 7.72. The average Bonchev–Trinajstić information content (AvgIpc) is 3.38. The number of benzene rings is 2. The highest BCUT2D eigenvalue weighted by molar-refractivity contribution is 7.11. The summed E-state index contributed by atoms with van der Waals surface area (Å²) in [4.78, 5) is 31.2. The number of hydrogen-bond donors (Lipinski definition) is 1. The zero-order valence-corrected chi connectivity index (χ0v) is 25.2. The predicted octanol–water partition coefficient (Wildman–Crippen LogP) is 7.02. The summed E-state index contributed by atoms with van der Waals surface area (Å²) < 4.78 is 17.2. The fourth-order valence-electron chi connectivity index (χ4n) is 4.68. The van der Waals surface area contributed by atoms with Gasteiger partial charge < -0.3 is 19.5 Å². The summed E-state index contributed by atoms with van der Waals surface area (Å²) in [5.41, 5.74) is 1.51. The number of carbonyl (C=O) groups is 2. The second-order valence-corrected chi connectivity index (χ2v) is 12.0. The molecular formula is C32H42N2O5S. The number of amides is 1. The molecule has 3 rings (SSSR count). The Morgan fingerprint density at radius 3 is 2.10 bits per heavy atom. The maximum absolute atomic E-state index is 12.9. The number of carbonyl (C=O) groups excluding carboxylic acids is 2. The lowest BCUT2D eigenvalue weighted by atomic mass is 9.89. The minimum atomic E-state index is -0.664. The summed E-state index contributed by atoms with van der Waals surface area (Å²) in [6, 6.07) is 19.5. The van der Waals surface area contributed by atoms with E-state index in [-0.39, 0.29) is 12.0 Å². The van der Waals surface area contributed by atoms with Crippen molar-refractivity contribution in [3.63, 3.8) is 0 Å². The van der Waals surface area contributed by atoms with Crippen LogP contribution in [-0.4, -0.2) is 41.9 Å². The molecule has 1 N–H and O–H groups in total. The fraction of sp³-hybridized carbons (Fsp3) is 0.469. The van der Waals surface area contributed by atoms with Crippen molar-refractivity contribution in [2.24, 2.45) is 0 Å². The zero-order chi connectivity index (χ0) is 29.1. The van der Waals surface area contributed by atoms with Crippen molar-refractivity contribution in [2.45, 2.75) is 90.1 Å². The van der Waals surface area contributed by atoms with Crippen molar-refractivity contribution < 1.29 is 23.8 Å². The number of rotatable bonds is 13. The topological polar surface area (TPSA) is 86.8 Å². The Balaban J connectivity index is 1.97. The zero-order valence-electron chi connectivity index (χ0n) is 24.4. The van der Waals surface area contributed by atoms with Crippen LogP contribution in [0.4, 0.5) is 4.79 Å². The molecule has 0 radical (unpaired) electrons. The maximum atomic E-state index is 12.9. The number of methoxy groups -OCH3 is 1. The molecule has 0 fully saturated rings. The Kier molecular flexibility index (Phi) is 11.7. The number of thiazole rings is 1. The third-order valence-electron chi connectivity index (χ3n) is 6.47. The molecule has 4 unspecified atom stereocenters. The smallest absolute Gasteiger partial charge is 0.408 e. The lowest BCUT2D eigenvalue weighted by Gasteiger charge is -2.31. The molecule has 0 aliphatic heterocycles. The molecule has 40 heavy (non-hydrogen) atoms. The molecule has 0 aliphatic carbocycles. The second-order valence-electron chi connectivity index (χ2n) is 10.9. The molecule has 8 heteroatoms. The van der Waals surface area contributed by atoms with Crippen LogP contribution >= 0.6 is 11.3 Å². The van der Waals surface area contributed by atoms with E-state index in [1.807, 2.05) is 75.5 Å². The van der Waals surface area contributed by atoms with Crippen molar-refractivity contribution >= 4 is 23.4 Å². The van der Waals surface area contributed by atoms with E-state index in [2.05, 4.69) is 24.4 Å². The lowest BCUT2D eigenvalue weighted by Crippen LogP contribution is -2.48. The number of aromatic nitrogens is 1. The molecule has 2 aromatic carbocycles. The van der Waals surface area contributed by atoms with Crippen LogP contribution in [0.2, 0.25) is 0 Å². The number of hydrogen-bond acceptors (Lipinski definition) is 7. The Morgan fingerprint density at radius 1 is 0.975 bits per heavy atom. The van der Waals surface area contributed by atoms with E-state index in [0.29, 0.717) is 19.3 Å². The molecular weight excluding hydrogens is 524 g/mol. The van der Waals surface area contributed by atoms with Crippen molar-refractivity contribution in [1.82, 2.24) is 10.3 Å². The first-order valence-electron chi connectivity index (χ1n) is 13.8. The Hall–Kier alpha value is -3.23. The predicted molar refractivity (Wildman–Crippen MR) is 159 cm³/mol. The highest BCUT2D eigenvalue weighted by Crippen LogP contribution is 2.35. The van der Waals surface area contributed by atoms with Gasteiger partial charge in [0.05, 0.1) is 22.0 Å². The van der Waals surface area contributed by atoms with Crippen LogP contribution in [-0.2, 0) is 31.8 Å². The van der Waals surface area contributed by atoms with Gasteiger partial charge in [0.2, 0.25) is 0 Å². The second kappa shape index (κ2) is 15.0. The van der Waals surface area contributed by atoms with E-state index < -0.39 is 29.8 Å². The van der Waals surface area contributed by atoms with E-state index in [4.69, 9.17) is 19.2 Å². The Morgan fingerprint density at radius 2 is 1.57 bits per heavy atom. The summed E-state index contributed by atoms with van der Waals surface area (Å²) in [7, 11) is 1.71. The van der Waals surface area contributed by atoms with Gasteiger partial charge in [-0.3, -0.25) is 4.79 Å². The average molecular weight is 567 g/mol. The van der Waals surface area contributed by atoms with Gasteiger partial charge in [-0.05, 0) is 57.6 Å². The van der Waals surface area contributed by atoms with E-state index in [0.717, 1.165) is 27.4 Å². The van der Waals surface area contributed by atoms with Crippen molar-refractivity contribution in [3.05, 3.63) is 87.9 Å². The lowest BCUT2D eigenvalue weighted by molar-refractivity contribution is -0.148. The van der Waals surface area contributed by atoms with Crippen molar-refractivity contribution in [1.29, 1.82) is 0 Å². The van der Waals surface area contributed by atoms with Crippen LogP contribution < -0.4 is 5.32 Å². The van der Waals surface area contributed by atoms with Crippen LogP contribution in [0.1, 0.15) is 80.5 Å². The minimum absolute atomic E-state index is 0.0208. The quantitative estimate of drug-likeness (QED) is 0.224. The molecule has 0 bridgehead atoms. The summed E-state index contributed by atoms with van der Waals surface area (Å²) in [5.74, 6) is -0.462. The summed E-state index contributed by atoms with van der Waals surface area (Å²) in [5, 5.41) is 3.96. The summed E-state index contributed by atoms with van der Waals surface area (Å²) >= 11 is 1.63. The molecule has 0 saturated heterocycles. The number of esters is 1. The SMILES string of the molecule is CCC(OC)c1cnc(C(Cc2ccccc2)CC(OC(C)=O)C(Cc2ccccc2)NC(=O)OC(C)(C)C)s1. The Labute approximate surface area is 242 Å². The van der Waals surface area contributed by atoms with Gasteiger partial charge in [0.25, 0.3) is 0 Å². The first-order chi connectivity index (χ1) is 19.1. The summed E-state index contributed by atoms with van der Waals surface area (Å²) in [6.45, 7) is 8.95. The van der Waals surface area contributed by atoms with Crippen LogP contribution in [0.25, 0.3) is 0 Å². The van der Waals surface area contributed by atoms with Crippen LogP contribution in [0, 0.1) is 0 Å². The molecule has 4 atom stereocenters. The van der Waals surface area contributed by atoms with Crippen LogP contribution in [0.5, 0.6) is 0 Å². The normalized spacial score (nSPS) is 14.6. The first kappa shape index (κ1) is 31.3. The largest absolute Gasteiger partial charge is 0.460 e. The monoisotopic (exact) mass is 566 g/mol. The van der Waals surface area contributed by atoms with Gasteiger partial charge in [0.15, 0.2) is 0 Å². The van der Waals surface area contributed by atoms with Gasteiger partial charge in [0.1, 0.15) is 11.7 Å². The number of alkyl carbamates (subject to hydrolysis) is 1. The minimum Gasteiger partial charge on any atom is -0.460 e. The molecule has 0 aliphatic rings. The standard InChI is InChI=1S/C32H42N2O5S/c1-7-27(37-6)29-21-33-30(40-29)25(18-23-14-10-8-11-15-23)20-28(38-22(2)35)26(19-24-16-12-9-13-17-24)34-31(36)39-32(3,4)5/h8-17,21,25-28H,7,18-20H2,1-6H3,(H,34,36). The van der Waals surface area contributed by atoms with E-state index in [1.54, 1.807) is 18.4 Å². The number of nitrogens with one attached hydrogen (secondary N) is 1. The maximum Gasteiger partial charge on any atom is 0.408 e. The van der Waals surface area contributed by atoms with Gasteiger partial charge in [-0.1, -0.05) is 67.6 Å². The number of ether oxygens (including phenoxy) is 3. The van der Waals surface area contributed by atoms with Gasteiger partial charge in [-0.2, -0.15) is 0 Å². The molecule has 1 aromatic heterocycles. The highest BCUT2D eigenvalue weighted by Gasteiger charge is 2.32. The highest BCUT2D eigenvalue weighted by atomic mass is 32.1. The molecule has 1 amide bonds. The van der Waals surface area contributed by atoms with Crippen molar-refractivity contribution in [2.75, 3.05) is 7.11 Å². The summed E-state index contributed by atoms with van der Waals surface area (Å²) in [6.07, 6.45) is 3.20. The molecule has 0 spiro atoms. The van der Waals surface area contributed by atoms with Gasteiger partial charge >= 0.3 is 12.1 Å². The number of nitrogens with zero attached hydrogens (tertiary/aromatic N) is 1. The molecule has 0 saturated carbocycles. The third kappa shape index (κ3) is 10.1. The fourth-order valence-corrected chi connectivity index (χ4v) is 5.88. The van der Waals surface area contributed by atoms with Crippen LogP contribution in [0.15, 0.2) is 66.9 Å². The molecule has 7 nitrogen and oxygen atoms in total. The van der Waals surface area contributed by atoms with Crippen molar-refractivity contribution in [3.8, 4) is 0 Å². The van der Waals surface area contributed by atoms with Gasteiger partial charge in [-0.25, -0.2) is 9.78 Å². The Bertz CT molecular complexity index is 1190. The molecule has 3 aromatic rings. The first-order valence-corrected chi connectivity index (χ1v) is 14.6. The van der Waals surface area contributed by atoms with Gasteiger partial charge in [-0.15, -0.1) is 11.3 Å².